The third-order valence-corrected chi connectivity index (χ3v) is 7.42. The van der Waals surface area contributed by atoms with E-state index < -0.39 is 17.5 Å². The number of amidine groups is 1. The van der Waals surface area contributed by atoms with Gasteiger partial charge in [-0.1, -0.05) is 85.6 Å². The largest absolute Gasteiger partial charge is 0.515 e. The highest BCUT2D eigenvalue weighted by molar-refractivity contribution is 6.30. The summed E-state index contributed by atoms with van der Waals surface area (Å²) in [6, 6.07) is 21.3. The first-order chi connectivity index (χ1) is 22.6. The summed E-state index contributed by atoms with van der Waals surface area (Å²) in [5.74, 6) is 7.07. The fourth-order valence-corrected chi connectivity index (χ4v) is 4.96. The monoisotopic (exact) mass is 665 g/mol. The normalized spacial score (nSPS) is 12.0. The summed E-state index contributed by atoms with van der Waals surface area (Å²) in [6.45, 7) is 3.58. The number of carbonyl (C=O) groups excluding carboxylic acids is 1. The van der Waals surface area contributed by atoms with Crippen molar-refractivity contribution in [1.82, 2.24) is 14.7 Å². The van der Waals surface area contributed by atoms with Crippen LogP contribution in [0, 0.1) is 10.1 Å². The number of ether oxygens (including phenoxy) is 2. The maximum Gasteiger partial charge on any atom is 0.515 e. The second kappa shape index (κ2) is 16.4. The van der Waals surface area contributed by atoms with Gasteiger partial charge in [-0.25, -0.2) is 15.6 Å². The minimum Gasteiger partial charge on any atom is -0.407 e. The van der Waals surface area contributed by atoms with E-state index in [4.69, 9.17) is 32.7 Å². The van der Waals surface area contributed by atoms with Crippen LogP contribution < -0.4 is 16.3 Å². The van der Waals surface area contributed by atoms with Crippen LogP contribution in [-0.4, -0.2) is 43.1 Å². The van der Waals surface area contributed by atoms with Crippen molar-refractivity contribution in [2.75, 3.05) is 0 Å². The Morgan fingerprint density at radius 3 is 2.60 bits per heavy atom. The van der Waals surface area contributed by atoms with E-state index in [1.54, 1.807) is 18.2 Å². The molecule has 248 valence electrons. The van der Waals surface area contributed by atoms with Crippen molar-refractivity contribution in [3.8, 4) is 16.9 Å². The topological polar surface area (TPSA) is 194 Å². The number of rotatable bonds is 15. The number of hydrazine groups is 1. The van der Waals surface area contributed by atoms with E-state index in [1.165, 1.54) is 19.1 Å². The van der Waals surface area contributed by atoms with Crippen molar-refractivity contribution in [3.63, 3.8) is 0 Å². The Labute approximate surface area is 276 Å². The standard InChI is InChI=1S/C32H36ClN7O7/c1-3-4-12-29-36-30(33)28(19-41)38(29)18-22-13-15-24(16-14-22)26-10-5-6-11-27(26)31(34)37-39(35)21(2)46-32(42)47-25-9-7-8-23(17-25)20-45-40(43)44/h5-11,13-17,21,41H,3-4,12,18-20,35H2,1-2H3,(H2,34,37). The number of benzene rings is 3. The Balaban J connectivity index is 1.43. The SMILES string of the molecule is CCCCc1nc(Cl)c(CO)n1Cc1ccc(-c2ccccc2/C(N)=N/N(N)C(C)OC(=O)Oc2cccc(CO[N+](=O)[O-])c2)cc1. The van der Waals surface area contributed by atoms with Gasteiger partial charge in [0, 0.05) is 18.5 Å². The van der Waals surface area contributed by atoms with Crippen molar-refractivity contribution in [3.05, 3.63) is 116 Å². The molecule has 14 nitrogen and oxygen atoms in total. The van der Waals surface area contributed by atoms with Gasteiger partial charge >= 0.3 is 6.16 Å². The van der Waals surface area contributed by atoms with Crippen LogP contribution in [-0.2, 0) is 35.8 Å². The van der Waals surface area contributed by atoms with Crippen molar-refractivity contribution in [2.45, 2.75) is 59.1 Å². The lowest BCUT2D eigenvalue weighted by molar-refractivity contribution is -0.763. The number of imidazole rings is 1. The molecule has 0 aliphatic rings. The predicted molar refractivity (Wildman–Crippen MR) is 174 cm³/mol. The number of nitrogens with zero attached hydrogens (tertiary/aromatic N) is 5. The van der Waals surface area contributed by atoms with Crippen molar-refractivity contribution < 1.29 is 29.3 Å². The molecule has 1 aromatic heterocycles. The number of halogens is 1. The van der Waals surface area contributed by atoms with Crippen molar-refractivity contribution in [1.29, 1.82) is 0 Å². The Bertz CT molecular complexity index is 1710. The van der Waals surface area contributed by atoms with Gasteiger partial charge in [-0.3, -0.25) is 0 Å². The fraction of sp³-hybridized carbons (Fsp3) is 0.281. The number of aliphatic hydroxyl groups excluding tert-OH is 1. The van der Waals surface area contributed by atoms with Crippen LogP contribution in [0.15, 0.2) is 77.9 Å². The molecule has 1 heterocycles. The third kappa shape index (κ3) is 9.42. The van der Waals surface area contributed by atoms with Gasteiger partial charge in [-0.2, -0.15) is 5.12 Å². The average Bonchev–Trinajstić information content (AvgIpc) is 3.36. The Kier molecular flexibility index (Phi) is 12.1. The van der Waals surface area contributed by atoms with E-state index in [1.807, 2.05) is 47.0 Å². The molecule has 3 aromatic carbocycles. The first-order valence-corrected chi connectivity index (χ1v) is 15.1. The van der Waals surface area contributed by atoms with Crippen LogP contribution in [0.3, 0.4) is 0 Å². The van der Waals surface area contributed by atoms with Gasteiger partial charge in [0.2, 0.25) is 6.23 Å². The zero-order chi connectivity index (χ0) is 33.9. The molecule has 0 aliphatic carbocycles. The molecule has 0 fully saturated rings. The molecule has 5 N–H and O–H groups in total. The molecule has 0 bridgehead atoms. The van der Waals surface area contributed by atoms with E-state index in [0.717, 1.165) is 46.9 Å². The van der Waals surface area contributed by atoms with Crippen LogP contribution in [0.2, 0.25) is 5.15 Å². The zero-order valence-corrected chi connectivity index (χ0v) is 26.7. The molecule has 1 unspecified atom stereocenters. The number of hydrogen-bond donors (Lipinski definition) is 3. The minimum absolute atomic E-state index is 0.0793. The van der Waals surface area contributed by atoms with Crippen LogP contribution in [0.5, 0.6) is 5.75 Å². The quantitative estimate of drug-likeness (QED) is 0.0222. The summed E-state index contributed by atoms with van der Waals surface area (Å²) in [4.78, 5) is 31.6. The molecule has 0 amide bonds. The summed E-state index contributed by atoms with van der Waals surface area (Å²) in [7, 11) is 0. The van der Waals surface area contributed by atoms with E-state index in [0.29, 0.717) is 28.5 Å². The first-order valence-electron chi connectivity index (χ1n) is 14.8. The maximum atomic E-state index is 12.4. The summed E-state index contributed by atoms with van der Waals surface area (Å²) in [6.07, 6.45) is 0.599. The molecule has 0 spiro atoms. The number of carbonyl (C=O) groups is 1. The number of aliphatic hydroxyl groups is 1. The smallest absolute Gasteiger partial charge is 0.407 e. The van der Waals surface area contributed by atoms with Gasteiger partial charge in [0.05, 0.1) is 12.3 Å². The Morgan fingerprint density at radius 1 is 1.15 bits per heavy atom. The van der Waals surface area contributed by atoms with Gasteiger partial charge in [0.25, 0.3) is 5.09 Å². The Morgan fingerprint density at radius 2 is 1.89 bits per heavy atom. The number of hydrogen-bond acceptors (Lipinski definition) is 11. The van der Waals surface area contributed by atoms with Gasteiger partial charge in [0.1, 0.15) is 18.2 Å². The highest BCUT2D eigenvalue weighted by Gasteiger charge is 2.19. The van der Waals surface area contributed by atoms with E-state index in [9.17, 15) is 20.0 Å². The molecule has 0 saturated carbocycles. The highest BCUT2D eigenvalue weighted by Crippen LogP contribution is 2.26. The molecule has 4 rings (SSSR count). The van der Waals surface area contributed by atoms with Gasteiger partial charge < -0.3 is 29.7 Å². The van der Waals surface area contributed by atoms with E-state index in [2.05, 4.69) is 21.8 Å². The molecule has 15 heteroatoms. The lowest BCUT2D eigenvalue weighted by Gasteiger charge is -2.21. The molecule has 4 aromatic rings. The van der Waals surface area contributed by atoms with Gasteiger partial charge in [0.15, 0.2) is 11.0 Å². The molecule has 1 atom stereocenters. The fourth-order valence-electron chi connectivity index (χ4n) is 4.70. The van der Waals surface area contributed by atoms with Crippen LogP contribution >= 0.6 is 11.6 Å². The maximum absolute atomic E-state index is 12.4. The number of aromatic nitrogens is 2. The summed E-state index contributed by atoms with van der Waals surface area (Å²) < 4.78 is 12.3. The Hall–Kier alpha value is -5.18. The molecule has 0 aliphatic heterocycles. The molecular weight excluding hydrogens is 630 g/mol. The third-order valence-electron chi connectivity index (χ3n) is 7.11. The zero-order valence-electron chi connectivity index (χ0n) is 25.9. The molecular formula is C32H36ClN7O7. The van der Waals surface area contributed by atoms with Crippen LogP contribution in [0.4, 0.5) is 4.79 Å². The van der Waals surface area contributed by atoms with E-state index >= 15 is 0 Å². The minimum atomic E-state index is -1.07. The molecule has 47 heavy (non-hydrogen) atoms. The molecule has 0 saturated heterocycles. The predicted octanol–water partition coefficient (Wildman–Crippen LogP) is 5.15. The summed E-state index contributed by atoms with van der Waals surface area (Å²) in [5, 5.41) is 24.8. The first kappa shape index (κ1) is 34.7. The van der Waals surface area contributed by atoms with Gasteiger partial charge in [-0.05, 0) is 47.7 Å². The number of hydrazone groups is 1. The summed E-state index contributed by atoms with van der Waals surface area (Å²) in [5.41, 5.74) is 10.6. The van der Waals surface area contributed by atoms with Gasteiger partial charge in [-0.15, -0.1) is 15.2 Å². The second-order valence-corrected chi connectivity index (χ2v) is 10.8. The number of unbranched alkanes of at least 4 members (excludes halogenated alkanes) is 1. The van der Waals surface area contributed by atoms with Crippen molar-refractivity contribution >= 4 is 23.6 Å². The highest BCUT2D eigenvalue weighted by atomic mass is 35.5. The van der Waals surface area contributed by atoms with Crippen molar-refractivity contribution in [2.24, 2.45) is 16.7 Å². The number of nitrogens with two attached hydrogens (primary N) is 2. The van der Waals surface area contributed by atoms with Crippen LogP contribution in [0.1, 0.15) is 54.9 Å². The molecule has 0 radical (unpaired) electrons. The second-order valence-electron chi connectivity index (χ2n) is 10.4. The lowest BCUT2D eigenvalue weighted by Crippen LogP contribution is -2.40. The average molecular weight is 666 g/mol. The lowest BCUT2D eigenvalue weighted by atomic mass is 9.98. The van der Waals surface area contributed by atoms with E-state index in [-0.39, 0.29) is 24.8 Å². The number of aryl methyl sites for hydroxylation is 1. The van der Waals surface area contributed by atoms with Crippen LogP contribution in [0.25, 0.3) is 11.1 Å². The summed E-state index contributed by atoms with van der Waals surface area (Å²) >= 11 is 6.30.